The fraction of sp³-hybridized carbons (Fsp3) is 0.696. The zero-order valence-corrected chi connectivity index (χ0v) is 17.8. The number of ether oxygens (including phenoxy) is 2. The molecule has 3 aliphatic rings. The van der Waals surface area contributed by atoms with Crippen LogP contribution in [0, 0.1) is 0 Å². The summed E-state index contributed by atoms with van der Waals surface area (Å²) in [7, 11) is 1.86. The summed E-state index contributed by atoms with van der Waals surface area (Å²) in [6.07, 6.45) is 8.22. The Morgan fingerprint density at radius 1 is 1.17 bits per heavy atom. The highest BCUT2D eigenvalue weighted by molar-refractivity contribution is 5.80. The van der Waals surface area contributed by atoms with Gasteiger partial charge in [0.25, 0.3) is 0 Å². The maximum Gasteiger partial charge on any atom is 0.191 e. The molecular weight excluding hydrogens is 364 g/mol. The maximum absolute atomic E-state index is 6.48. The van der Waals surface area contributed by atoms with Gasteiger partial charge in [0, 0.05) is 38.7 Å². The first-order valence-corrected chi connectivity index (χ1v) is 11.3. The molecule has 1 aliphatic carbocycles. The number of unbranched alkanes of at least 4 members (excludes halogenated alkanes) is 1. The molecule has 2 N–H and O–H groups in total. The van der Waals surface area contributed by atoms with Crippen molar-refractivity contribution in [2.75, 3.05) is 46.4 Å². The summed E-state index contributed by atoms with van der Waals surface area (Å²) in [5, 5.41) is 7.20. The predicted molar refractivity (Wildman–Crippen MR) is 117 cm³/mol. The number of hydrogen-bond acceptors (Lipinski definition) is 4. The fourth-order valence-corrected chi connectivity index (χ4v) is 4.92. The van der Waals surface area contributed by atoms with E-state index in [0.717, 1.165) is 76.8 Å². The van der Waals surface area contributed by atoms with Crippen LogP contribution in [0.5, 0.6) is 5.75 Å². The Labute approximate surface area is 175 Å². The Morgan fingerprint density at radius 3 is 2.76 bits per heavy atom. The molecule has 1 aromatic carbocycles. The lowest BCUT2D eigenvalue weighted by Gasteiger charge is -2.40. The van der Waals surface area contributed by atoms with E-state index in [1.54, 1.807) is 0 Å². The molecule has 6 heteroatoms. The molecule has 160 valence electrons. The second-order valence-corrected chi connectivity index (χ2v) is 8.59. The van der Waals surface area contributed by atoms with Crippen molar-refractivity contribution in [1.29, 1.82) is 0 Å². The van der Waals surface area contributed by atoms with Gasteiger partial charge >= 0.3 is 0 Å². The van der Waals surface area contributed by atoms with Crippen LogP contribution in [0.4, 0.5) is 0 Å². The highest BCUT2D eigenvalue weighted by atomic mass is 16.5. The zero-order valence-electron chi connectivity index (χ0n) is 17.8. The lowest BCUT2D eigenvalue weighted by atomic mass is 9.86. The minimum Gasteiger partial charge on any atom is -0.487 e. The summed E-state index contributed by atoms with van der Waals surface area (Å²) >= 11 is 0. The average Bonchev–Trinajstić information content (AvgIpc) is 3.20. The quantitative estimate of drug-likeness (QED) is 0.437. The zero-order chi connectivity index (χ0) is 19.9. The van der Waals surface area contributed by atoms with Crippen molar-refractivity contribution in [3.05, 3.63) is 29.8 Å². The number of morpholine rings is 1. The van der Waals surface area contributed by atoms with Crippen LogP contribution in [0.15, 0.2) is 29.3 Å². The van der Waals surface area contributed by atoms with Gasteiger partial charge in [0.15, 0.2) is 5.96 Å². The van der Waals surface area contributed by atoms with Crippen molar-refractivity contribution >= 4 is 5.96 Å². The normalized spacial score (nSPS) is 24.2. The van der Waals surface area contributed by atoms with E-state index in [9.17, 15) is 0 Å². The van der Waals surface area contributed by atoms with E-state index in [1.807, 2.05) is 7.05 Å². The molecule has 4 rings (SSSR count). The molecule has 2 aliphatic heterocycles. The number of fused-ring (bicyclic) bond motifs is 1. The number of benzene rings is 1. The SMILES string of the molecule is CN=C(NCCCCN1CCOCC1)NC1CC2(CCCC2)Oc2ccccc21. The number of para-hydroxylation sites is 1. The minimum atomic E-state index is 0.00300. The highest BCUT2D eigenvalue weighted by Crippen LogP contribution is 2.46. The molecule has 29 heavy (non-hydrogen) atoms. The summed E-state index contributed by atoms with van der Waals surface area (Å²) < 4.78 is 11.9. The van der Waals surface area contributed by atoms with E-state index in [2.05, 4.69) is 44.8 Å². The van der Waals surface area contributed by atoms with Gasteiger partial charge in [-0.3, -0.25) is 9.89 Å². The number of rotatable bonds is 6. The van der Waals surface area contributed by atoms with Crippen molar-refractivity contribution in [2.24, 2.45) is 4.99 Å². The number of nitrogens with zero attached hydrogens (tertiary/aromatic N) is 2. The third kappa shape index (κ3) is 5.23. The predicted octanol–water partition coefficient (Wildman–Crippen LogP) is 3.10. The van der Waals surface area contributed by atoms with E-state index in [-0.39, 0.29) is 11.6 Å². The van der Waals surface area contributed by atoms with Gasteiger partial charge in [0.1, 0.15) is 11.4 Å². The average molecular weight is 401 g/mol. The molecule has 1 spiro atoms. The molecule has 1 atom stereocenters. The number of nitrogens with one attached hydrogen (secondary N) is 2. The summed E-state index contributed by atoms with van der Waals surface area (Å²) in [5.41, 5.74) is 1.25. The Bertz CT molecular complexity index is 681. The Balaban J connectivity index is 1.28. The first-order chi connectivity index (χ1) is 14.3. The maximum atomic E-state index is 6.48. The Hall–Kier alpha value is -1.79. The van der Waals surface area contributed by atoms with E-state index >= 15 is 0 Å². The van der Waals surface area contributed by atoms with Gasteiger partial charge in [-0.05, 0) is 51.1 Å². The van der Waals surface area contributed by atoms with Crippen LogP contribution >= 0.6 is 0 Å². The fourth-order valence-electron chi connectivity index (χ4n) is 4.92. The van der Waals surface area contributed by atoms with Crippen molar-refractivity contribution in [3.8, 4) is 5.75 Å². The lowest BCUT2D eigenvalue weighted by Crippen LogP contribution is -2.46. The van der Waals surface area contributed by atoms with E-state index < -0.39 is 0 Å². The van der Waals surface area contributed by atoms with Gasteiger partial charge in [-0.15, -0.1) is 0 Å². The summed E-state index contributed by atoms with van der Waals surface area (Å²) in [5.74, 6) is 1.94. The van der Waals surface area contributed by atoms with Gasteiger partial charge in [-0.1, -0.05) is 18.2 Å². The van der Waals surface area contributed by atoms with Gasteiger partial charge in [0.05, 0.1) is 19.3 Å². The van der Waals surface area contributed by atoms with Crippen molar-refractivity contribution in [1.82, 2.24) is 15.5 Å². The molecule has 2 heterocycles. The molecule has 6 nitrogen and oxygen atoms in total. The van der Waals surface area contributed by atoms with Crippen LogP contribution in [0.1, 0.15) is 56.6 Å². The smallest absolute Gasteiger partial charge is 0.191 e. The van der Waals surface area contributed by atoms with Crippen LogP contribution < -0.4 is 15.4 Å². The molecule has 2 fully saturated rings. The first kappa shape index (κ1) is 20.5. The van der Waals surface area contributed by atoms with Gasteiger partial charge < -0.3 is 20.1 Å². The third-order valence-electron chi connectivity index (χ3n) is 6.54. The molecule has 1 saturated heterocycles. The van der Waals surface area contributed by atoms with Gasteiger partial charge in [0.2, 0.25) is 0 Å². The summed E-state index contributed by atoms with van der Waals surface area (Å²) in [4.78, 5) is 6.98. The van der Waals surface area contributed by atoms with Crippen LogP contribution in [-0.2, 0) is 4.74 Å². The van der Waals surface area contributed by atoms with Crippen LogP contribution in [0.3, 0.4) is 0 Å². The van der Waals surface area contributed by atoms with Crippen molar-refractivity contribution in [2.45, 2.75) is 56.6 Å². The van der Waals surface area contributed by atoms with Crippen LogP contribution in [-0.4, -0.2) is 62.9 Å². The molecule has 0 aromatic heterocycles. The molecule has 1 aromatic rings. The monoisotopic (exact) mass is 400 g/mol. The second kappa shape index (κ2) is 9.81. The minimum absolute atomic E-state index is 0.00300. The Kier molecular flexibility index (Phi) is 6.93. The van der Waals surface area contributed by atoms with Crippen LogP contribution in [0.2, 0.25) is 0 Å². The van der Waals surface area contributed by atoms with Crippen molar-refractivity contribution < 1.29 is 9.47 Å². The van der Waals surface area contributed by atoms with E-state index in [4.69, 9.17) is 9.47 Å². The molecule has 0 bridgehead atoms. The summed E-state index contributed by atoms with van der Waals surface area (Å²) in [6, 6.07) is 8.73. The molecule has 1 unspecified atom stereocenters. The molecule has 0 radical (unpaired) electrons. The van der Waals surface area contributed by atoms with Gasteiger partial charge in [-0.25, -0.2) is 0 Å². The van der Waals surface area contributed by atoms with Crippen molar-refractivity contribution in [3.63, 3.8) is 0 Å². The van der Waals surface area contributed by atoms with E-state index in [0.29, 0.717) is 0 Å². The Morgan fingerprint density at radius 2 is 1.97 bits per heavy atom. The topological polar surface area (TPSA) is 58.1 Å². The molecule has 0 amide bonds. The highest BCUT2D eigenvalue weighted by Gasteiger charge is 2.43. The first-order valence-electron chi connectivity index (χ1n) is 11.3. The van der Waals surface area contributed by atoms with E-state index in [1.165, 1.54) is 24.8 Å². The number of guanidine groups is 1. The lowest BCUT2D eigenvalue weighted by molar-refractivity contribution is 0.0372. The molecular formula is C23H36N4O2. The third-order valence-corrected chi connectivity index (χ3v) is 6.54. The standard InChI is InChI=1S/C23H36N4O2/c1-24-22(25-12-6-7-13-27-14-16-28-17-15-27)26-20-18-23(10-4-5-11-23)29-21-9-3-2-8-19(20)21/h2-3,8-9,20H,4-7,10-18H2,1H3,(H2,24,25,26). The molecule has 1 saturated carbocycles. The van der Waals surface area contributed by atoms with Gasteiger partial charge in [-0.2, -0.15) is 0 Å². The summed E-state index contributed by atoms with van der Waals surface area (Å²) in [6.45, 7) is 6.00. The second-order valence-electron chi connectivity index (χ2n) is 8.59. The largest absolute Gasteiger partial charge is 0.487 e. The number of aliphatic imine (C=N–C) groups is 1. The number of hydrogen-bond donors (Lipinski definition) is 2. The van der Waals surface area contributed by atoms with Crippen LogP contribution in [0.25, 0.3) is 0 Å².